The van der Waals surface area contributed by atoms with E-state index < -0.39 is 0 Å². The van der Waals surface area contributed by atoms with Gasteiger partial charge in [0, 0.05) is 16.8 Å². The standard InChI is InChI=1S/C24H18FN2/c1-13-14(2)22(25)21-16-8-4-5-9-17(16)27-18-10-6-7-15-11-12-26(3)23(20(15)18)19(13)24(21)27/h4-12H,1-3H3/q+1. The maximum absolute atomic E-state index is 15.5. The average Bonchev–Trinajstić information content (AvgIpc) is 3.03. The Kier molecular flexibility index (Phi) is 2.62. The third-order valence-electron chi connectivity index (χ3n) is 6.22. The Morgan fingerprint density at radius 3 is 2.44 bits per heavy atom. The second kappa shape index (κ2) is 4.74. The van der Waals surface area contributed by atoms with E-state index >= 15 is 4.39 Å². The number of halogens is 1. The van der Waals surface area contributed by atoms with E-state index in [0.29, 0.717) is 0 Å². The first-order chi connectivity index (χ1) is 13.1. The number of aromatic nitrogens is 2. The summed E-state index contributed by atoms with van der Waals surface area (Å²) in [5, 5.41) is 5.29. The molecule has 3 aromatic carbocycles. The van der Waals surface area contributed by atoms with Crippen LogP contribution >= 0.6 is 0 Å². The van der Waals surface area contributed by atoms with Crippen molar-refractivity contribution in [1.29, 1.82) is 0 Å². The minimum Gasteiger partial charge on any atom is -0.307 e. The van der Waals surface area contributed by atoms with E-state index in [1.165, 1.54) is 16.3 Å². The van der Waals surface area contributed by atoms with E-state index in [1.807, 2.05) is 32.0 Å². The second-order valence-electron chi connectivity index (χ2n) is 7.53. The van der Waals surface area contributed by atoms with Crippen molar-refractivity contribution in [2.45, 2.75) is 13.8 Å². The number of rotatable bonds is 0. The molecule has 0 aliphatic rings. The normalized spacial score (nSPS) is 12.4. The number of nitrogens with zero attached hydrogens (tertiary/aromatic N) is 2. The van der Waals surface area contributed by atoms with Gasteiger partial charge >= 0.3 is 0 Å². The van der Waals surface area contributed by atoms with Crippen LogP contribution < -0.4 is 4.57 Å². The van der Waals surface area contributed by atoms with Gasteiger partial charge < -0.3 is 4.40 Å². The maximum atomic E-state index is 15.5. The number of aryl methyl sites for hydroxylation is 2. The summed E-state index contributed by atoms with van der Waals surface area (Å²) in [5.41, 5.74) is 6.09. The third kappa shape index (κ3) is 1.59. The fourth-order valence-electron chi connectivity index (χ4n) is 4.84. The van der Waals surface area contributed by atoms with Gasteiger partial charge in [0.1, 0.15) is 12.9 Å². The van der Waals surface area contributed by atoms with Crippen molar-refractivity contribution >= 4 is 49.0 Å². The van der Waals surface area contributed by atoms with Gasteiger partial charge in [-0.05, 0) is 42.5 Å². The number of hydrogen-bond donors (Lipinski definition) is 0. The molecule has 0 atom stereocenters. The zero-order chi connectivity index (χ0) is 18.4. The Labute approximate surface area is 155 Å². The zero-order valence-electron chi connectivity index (χ0n) is 15.5. The first-order valence-electron chi connectivity index (χ1n) is 9.23. The summed E-state index contributed by atoms with van der Waals surface area (Å²) < 4.78 is 19.9. The number of para-hydroxylation sites is 1. The summed E-state index contributed by atoms with van der Waals surface area (Å²) in [4.78, 5) is 0. The minimum absolute atomic E-state index is 0.101. The summed E-state index contributed by atoms with van der Waals surface area (Å²) in [5.74, 6) is -0.101. The molecule has 0 saturated heterocycles. The van der Waals surface area contributed by atoms with Crippen LogP contribution in [0.15, 0.2) is 54.7 Å². The number of fused-ring (bicyclic) bond motifs is 5. The van der Waals surface area contributed by atoms with Crippen LogP contribution in [0.2, 0.25) is 0 Å². The van der Waals surface area contributed by atoms with Crippen LogP contribution in [0.3, 0.4) is 0 Å². The van der Waals surface area contributed by atoms with Gasteiger partial charge in [-0.25, -0.2) is 8.96 Å². The predicted molar refractivity (Wildman–Crippen MR) is 109 cm³/mol. The Bertz CT molecular complexity index is 1560. The molecule has 0 aliphatic carbocycles. The van der Waals surface area contributed by atoms with Gasteiger partial charge in [0.25, 0.3) is 0 Å². The van der Waals surface area contributed by atoms with E-state index in [0.717, 1.165) is 43.8 Å². The lowest BCUT2D eigenvalue weighted by atomic mass is 9.96. The molecule has 0 amide bonds. The molecule has 2 nitrogen and oxygen atoms in total. The summed E-state index contributed by atoms with van der Waals surface area (Å²) >= 11 is 0. The first kappa shape index (κ1) is 14.9. The highest BCUT2D eigenvalue weighted by atomic mass is 19.1. The molecule has 0 N–H and O–H groups in total. The van der Waals surface area contributed by atoms with Gasteiger partial charge in [-0.2, -0.15) is 0 Å². The van der Waals surface area contributed by atoms with Crippen molar-refractivity contribution in [2.75, 3.05) is 0 Å². The lowest BCUT2D eigenvalue weighted by molar-refractivity contribution is -0.643. The predicted octanol–water partition coefficient (Wildman–Crippen LogP) is 5.57. The van der Waals surface area contributed by atoms with E-state index in [4.69, 9.17) is 0 Å². The molecule has 0 unspecified atom stereocenters. The van der Waals surface area contributed by atoms with Crippen molar-refractivity contribution in [3.8, 4) is 0 Å². The fourth-order valence-corrected chi connectivity index (χ4v) is 4.84. The molecule has 0 bridgehead atoms. The molecular formula is C24H18FN2+. The van der Waals surface area contributed by atoms with Gasteiger partial charge in [-0.1, -0.05) is 30.3 Å². The monoisotopic (exact) mass is 353 g/mol. The summed E-state index contributed by atoms with van der Waals surface area (Å²) in [6.45, 7) is 3.94. The molecule has 0 saturated carbocycles. The van der Waals surface area contributed by atoms with E-state index in [9.17, 15) is 0 Å². The van der Waals surface area contributed by atoms with Crippen LogP contribution in [0.5, 0.6) is 0 Å². The lowest BCUT2D eigenvalue weighted by Crippen LogP contribution is -2.29. The first-order valence-corrected chi connectivity index (χ1v) is 9.23. The zero-order valence-corrected chi connectivity index (χ0v) is 15.5. The van der Waals surface area contributed by atoms with Crippen LogP contribution in [-0.4, -0.2) is 4.40 Å². The van der Waals surface area contributed by atoms with Crippen LogP contribution in [0.4, 0.5) is 4.39 Å². The number of hydrogen-bond acceptors (Lipinski definition) is 0. The molecule has 3 aromatic heterocycles. The van der Waals surface area contributed by atoms with Crippen molar-refractivity contribution in [3.63, 3.8) is 0 Å². The molecule has 3 heterocycles. The molecule has 0 fully saturated rings. The molecular weight excluding hydrogens is 335 g/mol. The van der Waals surface area contributed by atoms with Gasteiger partial charge in [0.05, 0.1) is 27.3 Å². The quantitative estimate of drug-likeness (QED) is 0.192. The van der Waals surface area contributed by atoms with Crippen molar-refractivity contribution in [1.82, 2.24) is 4.40 Å². The average molecular weight is 353 g/mol. The lowest BCUT2D eigenvalue weighted by Gasteiger charge is -2.14. The van der Waals surface area contributed by atoms with Crippen LogP contribution in [0.1, 0.15) is 11.1 Å². The highest BCUT2D eigenvalue weighted by Gasteiger charge is 2.26. The smallest absolute Gasteiger partial charge is 0.224 e. The summed E-state index contributed by atoms with van der Waals surface area (Å²) in [6.07, 6.45) is 2.10. The molecule has 0 aliphatic heterocycles. The number of pyridine rings is 2. The maximum Gasteiger partial charge on any atom is 0.224 e. The molecule has 130 valence electrons. The van der Waals surface area contributed by atoms with Crippen LogP contribution in [0.25, 0.3) is 49.0 Å². The van der Waals surface area contributed by atoms with Crippen molar-refractivity contribution in [2.24, 2.45) is 7.05 Å². The SMILES string of the molecule is Cc1c(F)c2c3ccccc3n3c4cccc5cc[n+](C)c(c(c1C)c23)c54. The minimum atomic E-state index is -0.101. The van der Waals surface area contributed by atoms with E-state index in [2.05, 4.69) is 52.5 Å². The molecule has 3 heteroatoms. The molecule has 0 radical (unpaired) electrons. The number of benzene rings is 3. The highest BCUT2D eigenvalue weighted by Crippen LogP contribution is 2.42. The summed E-state index contributed by atoms with van der Waals surface area (Å²) in [7, 11) is 2.08. The Morgan fingerprint density at radius 1 is 0.815 bits per heavy atom. The second-order valence-corrected chi connectivity index (χ2v) is 7.53. The van der Waals surface area contributed by atoms with Crippen LogP contribution in [0, 0.1) is 19.7 Å². The van der Waals surface area contributed by atoms with Crippen LogP contribution in [-0.2, 0) is 7.05 Å². The van der Waals surface area contributed by atoms with Gasteiger partial charge in [-0.15, -0.1) is 0 Å². The summed E-state index contributed by atoms with van der Waals surface area (Å²) in [6, 6.07) is 16.7. The molecule has 6 aromatic rings. The fraction of sp³-hybridized carbons (Fsp3) is 0.125. The largest absolute Gasteiger partial charge is 0.307 e. The van der Waals surface area contributed by atoms with Crippen molar-refractivity contribution in [3.05, 3.63) is 71.7 Å². The third-order valence-corrected chi connectivity index (χ3v) is 6.22. The topological polar surface area (TPSA) is 8.29 Å². The van der Waals surface area contributed by atoms with E-state index in [-0.39, 0.29) is 5.82 Å². The van der Waals surface area contributed by atoms with Crippen molar-refractivity contribution < 1.29 is 8.96 Å². The molecule has 0 spiro atoms. The highest BCUT2D eigenvalue weighted by molar-refractivity contribution is 6.26. The van der Waals surface area contributed by atoms with Gasteiger partial charge in [-0.3, -0.25) is 0 Å². The van der Waals surface area contributed by atoms with Gasteiger partial charge in [0.15, 0.2) is 6.20 Å². The molecule has 6 rings (SSSR count). The van der Waals surface area contributed by atoms with Gasteiger partial charge in [0.2, 0.25) is 5.52 Å². The molecule has 27 heavy (non-hydrogen) atoms. The Hall–Kier alpha value is -3.20. The van der Waals surface area contributed by atoms with E-state index in [1.54, 1.807) is 0 Å². The Balaban J connectivity index is 2.19. The Morgan fingerprint density at radius 2 is 1.59 bits per heavy atom.